The van der Waals surface area contributed by atoms with Gasteiger partial charge in [0.15, 0.2) is 11.6 Å². The van der Waals surface area contributed by atoms with E-state index >= 15 is 0 Å². The van der Waals surface area contributed by atoms with E-state index in [2.05, 4.69) is 48.5 Å². The zero-order chi connectivity index (χ0) is 26.3. The first-order valence-electron chi connectivity index (χ1n) is 14.1. The molecular formula is C31H44O5. The van der Waals surface area contributed by atoms with Gasteiger partial charge in [-0.2, -0.15) is 0 Å². The Morgan fingerprint density at radius 2 is 1.64 bits per heavy atom. The fraction of sp³-hybridized carbons (Fsp3) is 0.839. The lowest BCUT2D eigenvalue weighted by atomic mass is 9.34. The molecule has 5 fully saturated rings. The summed E-state index contributed by atoms with van der Waals surface area (Å²) in [6, 6.07) is 0. The third-order valence-corrected chi connectivity index (χ3v) is 13.0. The van der Waals surface area contributed by atoms with Gasteiger partial charge in [-0.3, -0.25) is 14.4 Å². The summed E-state index contributed by atoms with van der Waals surface area (Å²) >= 11 is 0. The Bertz CT molecular complexity index is 1100. The first-order valence-corrected chi connectivity index (χ1v) is 14.1. The molecule has 198 valence electrons. The summed E-state index contributed by atoms with van der Waals surface area (Å²) in [6.07, 6.45) is 7.77. The van der Waals surface area contributed by atoms with Crippen LogP contribution in [0.25, 0.3) is 0 Å². The monoisotopic (exact) mass is 496 g/mol. The van der Waals surface area contributed by atoms with Crippen LogP contribution in [-0.4, -0.2) is 36.9 Å². The molecule has 0 bridgehead atoms. The summed E-state index contributed by atoms with van der Waals surface area (Å²) in [7, 11) is 1.50. The van der Waals surface area contributed by atoms with E-state index in [0.717, 1.165) is 44.9 Å². The van der Waals surface area contributed by atoms with Crippen LogP contribution in [0.5, 0.6) is 0 Å². The van der Waals surface area contributed by atoms with Crippen molar-refractivity contribution in [3.05, 3.63) is 11.6 Å². The molecule has 6 rings (SSSR count). The molecule has 36 heavy (non-hydrogen) atoms. The Kier molecular flexibility index (Phi) is 4.78. The number of rotatable bonds is 1. The van der Waals surface area contributed by atoms with Gasteiger partial charge in [0.1, 0.15) is 12.2 Å². The van der Waals surface area contributed by atoms with Crippen molar-refractivity contribution in [2.45, 2.75) is 106 Å². The van der Waals surface area contributed by atoms with Crippen LogP contribution in [0.15, 0.2) is 11.6 Å². The molecule has 0 aromatic carbocycles. The van der Waals surface area contributed by atoms with Gasteiger partial charge in [-0.05, 0) is 79.1 Å². The molecular weight excluding hydrogens is 452 g/mol. The van der Waals surface area contributed by atoms with E-state index in [1.807, 2.05) is 6.08 Å². The van der Waals surface area contributed by atoms with Crippen molar-refractivity contribution in [2.75, 3.05) is 7.11 Å². The fourth-order valence-corrected chi connectivity index (χ4v) is 10.7. The molecule has 0 aromatic heterocycles. The van der Waals surface area contributed by atoms with Gasteiger partial charge in [-0.1, -0.05) is 54.0 Å². The van der Waals surface area contributed by atoms with E-state index < -0.39 is 10.8 Å². The van der Waals surface area contributed by atoms with Crippen molar-refractivity contribution in [2.24, 2.45) is 50.2 Å². The molecule has 0 aromatic rings. The molecule has 0 radical (unpaired) electrons. The summed E-state index contributed by atoms with van der Waals surface area (Å²) in [4.78, 5) is 40.9. The van der Waals surface area contributed by atoms with Gasteiger partial charge in [0.25, 0.3) is 0 Å². The third kappa shape index (κ3) is 2.64. The third-order valence-electron chi connectivity index (χ3n) is 13.0. The lowest BCUT2D eigenvalue weighted by Crippen LogP contribution is -2.67. The normalized spacial score (nSPS) is 52.0. The van der Waals surface area contributed by atoms with Crippen LogP contribution in [0.4, 0.5) is 0 Å². The number of carbonyl (C=O) groups is 3. The van der Waals surface area contributed by atoms with Crippen LogP contribution >= 0.6 is 0 Å². The van der Waals surface area contributed by atoms with Gasteiger partial charge >= 0.3 is 5.97 Å². The highest BCUT2D eigenvalue weighted by Crippen LogP contribution is 2.76. The second-order valence-corrected chi connectivity index (χ2v) is 15.2. The van der Waals surface area contributed by atoms with Crippen molar-refractivity contribution in [3.63, 3.8) is 0 Å². The molecule has 5 aliphatic carbocycles. The summed E-state index contributed by atoms with van der Waals surface area (Å²) in [5.74, 6) is 0.280. The van der Waals surface area contributed by atoms with E-state index in [0.29, 0.717) is 0 Å². The molecule has 1 saturated heterocycles. The summed E-state index contributed by atoms with van der Waals surface area (Å²) < 4.78 is 11.5. The second-order valence-electron chi connectivity index (χ2n) is 15.2. The van der Waals surface area contributed by atoms with Crippen molar-refractivity contribution in [3.8, 4) is 0 Å². The molecule has 1 aliphatic heterocycles. The van der Waals surface area contributed by atoms with Crippen molar-refractivity contribution >= 4 is 17.5 Å². The minimum atomic E-state index is -0.559. The van der Waals surface area contributed by atoms with Crippen LogP contribution in [0.1, 0.15) is 93.4 Å². The number of allylic oxidation sites excluding steroid dienone is 1. The zero-order valence-electron chi connectivity index (χ0n) is 23.5. The minimum Gasteiger partial charge on any atom is -0.469 e. The van der Waals surface area contributed by atoms with E-state index in [4.69, 9.17) is 9.47 Å². The number of carbonyl (C=O) groups excluding carboxylic acids is 3. The Morgan fingerprint density at radius 3 is 2.31 bits per heavy atom. The van der Waals surface area contributed by atoms with Gasteiger partial charge in [0.05, 0.1) is 12.5 Å². The smallest absolute Gasteiger partial charge is 0.312 e. The molecule has 0 N–H and O–H groups in total. The molecule has 5 heteroatoms. The first kappa shape index (κ1) is 24.8. The standard InChI is InChI=1S/C31H44O5/c1-26(2)11-13-31(25(34)35-8)14-12-29(6)21(17(31)16-26)18(32)15-20-28(29,5)10-9-19-27(3,4)23(33)22-24(36-22)30(19,20)7/h15,17,19,21-22,24H,9-14,16H2,1-8H3. The van der Waals surface area contributed by atoms with Crippen LogP contribution < -0.4 is 0 Å². The van der Waals surface area contributed by atoms with Crippen LogP contribution in [0, 0.1) is 50.2 Å². The zero-order valence-corrected chi connectivity index (χ0v) is 23.5. The highest BCUT2D eigenvalue weighted by Gasteiger charge is 2.76. The topological polar surface area (TPSA) is 73.0 Å². The number of epoxide rings is 1. The van der Waals surface area contributed by atoms with E-state index in [1.165, 1.54) is 12.7 Å². The fourth-order valence-electron chi connectivity index (χ4n) is 10.7. The molecule has 5 nitrogen and oxygen atoms in total. The number of fused-ring (bicyclic) bond motifs is 9. The quantitative estimate of drug-likeness (QED) is 0.344. The molecule has 0 amide bonds. The number of ketones is 2. The van der Waals surface area contributed by atoms with Gasteiger partial charge in [0.2, 0.25) is 0 Å². The molecule has 1 heterocycles. The largest absolute Gasteiger partial charge is 0.469 e. The highest BCUT2D eigenvalue weighted by atomic mass is 16.6. The number of Topliss-reactive ketones (excluding diaryl/α,β-unsaturated/α-hetero) is 1. The number of hydrogen-bond acceptors (Lipinski definition) is 5. The second kappa shape index (κ2) is 6.93. The maximum Gasteiger partial charge on any atom is 0.312 e. The number of esters is 1. The predicted octanol–water partition coefficient (Wildman–Crippen LogP) is 5.70. The van der Waals surface area contributed by atoms with Gasteiger partial charge < -0.3 is 9.47 Å². The van der Waals surface area contributed by atoms with E-state index in [9.17, 15) is 14.4 Å². The Labute approximate surface area is 216 Å². The van der Waals surface area contributed by atoms with Crippen LogP contribution in [0.3, 0.4) is 0 Å². The maximum absolute atomic E-state index is 14.4. The SMILES string of the molecule is COC(=O)C12CCC(C)(C)CC1C1C(=O)C=C3C4(C)C5OC5C(=O)C(C)(C)C4CCC3(C)C1(C)CC2. The van der Waals surface area contributed by atoms with Crippen molar-refractivity contribution in [1.82, 2.24) is 0 Å². The Hall–Kier alpha value is -1.49. The lowest BCUT2D eigenvalue weighted by Gasteiger charge is -2.69. The van der Waals surface area contributed by atoms with E-state index in [-0.39, 0.29) is 69.2 Å². The maximum atomic E-state index is 14.4. The minimum absolute atomic E-state index is 0.00518. The average molecular weight is 497 g/mol. The Morgan fingerprint density at radius 1 is 0.972 bits per heavy atom. The molecule has 0 spiro atoms. The molecule has 6 aliphatic rings. The highest BCUT2D eigenvalue weighted by molar-refractivity contribution is 5.97. The van der Waals surface area contributed by atoms with Crippen LogP contribution in [-0.2, 0) is 23.9 Å². The summed E-state index contributed by atoms with van der Waals surface area (Å²) in [5, 5.41) is 0. The summed E-state index contributed by atoms with van der Waals surface area (Å²) in [6.45, 7) is 15.8. The molecule has 9 unspecified atom stereocenters. The lowest BCUT2D eigenvalue weighted by molar-refractivity contribution is -0.192. The van der Waals surface area contributed by atoms with Crippen LogP contribution in [0.2, 0.25) is 0 Å². The predicted molar refractivity (Wildman–Crippen MR) is 136 cm³/mol. The number of ether oxygens (including phenoxy) is 2. The van der Waals surface area contributed by atoms with Gasteiger partial charge in [0, 0.05) is 16.7 Å². The van der Waals surface area contributed by atoms with Crippen molar-refractivity contribution < 1.29 is 23.9 Å². The van der Waals surface area contributed by atoms with Gasteiger partial charge in [-0.15, -0.1) is 0 Å². The number of hydrogen-bond donors (Lipinski definition) is 0. The van der Waals surface area contributed by atoms with Crippen molar-refractivity contribution in [1.29, 1.82) is 0 Å². The number of methoxy groups -OCH3 is 1. The van der Waals surface area contributed by atoms with Gasteiger partial charge in [-0.25, -0.2) is 0 Å². The first-order chi connectivity index (χ1) is 16.6. The molecule has 4 saturated carbocycles. The van der Waals surface area contributed by atoms with E-state index in [1.54, 1.807) is 0 Å². The summed E-state index contributed by atoms with van der Waals surface area (Å²) in [5.41, 5.74) is -0.434. The average Bonchev–Trinajstić information content (AvgIpc) is 3.60. The molecule has 9 atom stereocenters. The Balaban J connectivity index is 1.51.